The molecule has 0 bridgehead atoms. The molecular formula is C16H10ClF3N2O2S. The monoisotopic (exact) mass is 386 g/mol. The zero-order chi connectivity index (χ0) is 18.0. The molecule has 0 atom stereocenters. The van der Waals surface area contributed by atoms with E-state index < -0.39 is 17.6 Å². The number of rotatable bonds is 4. The molecule has 0 spiro atoms. The molecule has 0 saturated heterocycles. The number of anilines is 1. The largest absolute Gasteiger partial charge is 0.484 e. The van der Waals surface area contributed by atoms with Crippen LogP contribution < -0.4 is 10.1 Å². The van der Waals surface area contributed by atoms with E-state index in [1.807, 2.05) is 0 Å². The third-order valence-electron chi connectivity index (χ3n) is 3.15. The molecular weight excluding hydrogens is 377 g/mol. The van der Waals surface area contributed by atoms with Gasteiger partial charge in [0, 0.05) is 5.02 Å². The fraction of sp³-hybridized carbons (Fsp3) is 0.125. The molecule has 0 aliphatic carbocycles. The first kappa shape index (κ1) is 17.5. The van der Waals surface area contributed by atoms with E-state index in [1.165, 1.54) is 12.1 Å². The van der Waals surface area contributed by atoms with Crippen molar-refractivity contribution in [2.75, 3.05) is 11.9 Å². The first-order chi connectivity index (χ1) is 11.8. The van der Waals surface area contributed by atoms with E-state index >= 15 is 0 Å². The summed E-state index contributed by atoms with van der Waals surface area (Å²) >= 11 is 6.71. The number of para-hydroxylation sites is 1. The number of carbonyl (C=O) groups is 1. The van der Waals surface area contributed by atoms with Gasteiger partial charge in [0.05, 0.1) is 15.8 Å². The van der Waals surface area contributed by atoms with Gasteiger partial charge in [-0.15, -0.1) is 0 Å². The van der Waals surface area contributed by atoms with E-state index in [9.17, 15) is 18.0 Å². The van der Waals surface area contributed by atoms with Crippen molar-refractivity contribution in [3.63, 3.8) is 0 Å². The molecule has 25 heavy (non-hydrogen) atoms. The number of fused-ring (bicyclic) bond motifs is 1. The molecule has 1 amide bonds. The summed E-state index contributed by atoms with van der Waals surface area (Å²) in [6.07, 6.45) is -4.51. The lowest BCUT2D eigenvalue weighted by Gasteiger charge is -2.06. The van der Waals surface area contributed by atoms with E-state index in [2.05, 4.69) is 10.3 Å². The first-order valence-corrected chi connectivity index (χ1v) is 8.17. The van der Waals surface area contributed by atoms with Gasteiger partial charge in [-0.25, -0.2) is 4.98 Å². The highest BCUT2D eigenvalue weighted by Gasteiger charge is 2.33. The van der Waals surface area contributed by atoms with Gasteiger partial charge in [-0.1, -0.05) is 29.0 Å². The molecule has 0 radical (unpaired) electrons. The van der Waals surface area contributed by atoms with Gasteiger partial charge in [-0.05, 0) is 36.4 Å². The summed E-state index contributed by atoms with van der Waals surface area (Å²) in [5.74, 6) is -0.0780. The molecule has 9 heteroatoms. The Balaban J connectivity index is 1.70. The number of thiazole rings is 1. The molecule has 0 saturated carbocycles. The van der Waals surface area contributed by atoms with Crippen LogP contribution in [-0.4, -0.2) is 17.5 Å². The number of ether oxygens (including phenoxy) is 1. The SMILES string of the molecule is O=C(COc1ccc(Cl)cc1)Nc1nc2c(C(F)(F)F)cccc2s1. The Morgan fingerprint density at radius 2 is 1.92 bits per heavy atom. The number of hydrogen-bond donors (Lipinski definition) is 1. The van der Waals surface area contributed by atoms with E-state index in [0.717, 1.165) is 17.4 Å². The Morgan fingerprint density at radius 3 is 2.60 bits per heavy atom. The van der Waals surface area contributed by atoms with E-state index in [1.54, 1.807) is 24.3 Å². The number of alkyl halides is 3. The Morgan fingerprint density at radius 1 is 1.20 bits per heavy atom. The van der Waals surface area contributed by atoms with Gasteiger partial charge in [0.25, 0.3) is 5.91 Å². The number of benzene rings is 2. The topological polar surface area (TPSA) is 51.2 Å². The molecule has 1 heterocycles. The number of halogens is 4. The lowest BCUT2D eigenvalue weighted by atomic mass is 10.2. The highest BCUT2D eigenvalue weighted by Crippen LogP contribution is 2.37. The molecule has 1 N–H and O–H groups in total. The predicted octanol–water partition coefficient (Wildman–Crippen LogP) is 4.99. The molecule has 1 aromatic heterocycles. The predicted molar refractivity (Wildman–Crippen MR) is 90.2 cm³/mol. The second-order valence-electron chi connectivity index (χ2n) is 4.96. The lowest BCUT2D eigenvalue weighted by molar-refractivity contribution is -0.136. The molecule has 0 fully saturated rings. The van der Waals surface area contributed by atoms with Crippen LogP contribution in [-0.2, 0) is 11.0 Å². The maximum absolute atomic E-state index is 13.0. The summed E-state index contributed by atoms with van der Waals surface area (Å²) in [5.41, 5.74) is -1.02. The van der Waals surface area contributed by atoms with Crippen molar-refractivity contribution in [1.82, 2.24) is 4.98 Å². The minimum absolute atomic E-state index is 0.0800. The van der Waals surface area contributed by atoms with Gasteiger partial charge in [0.1, 0.15) is 5.75 Å². The van der Waals surface area contributed by atoms with Crippen LogP contribution >= 0.6 is 22.9 Å². The zero-order valence-corrected chi connectivity index (χ0v) is 14.0. The average molecular weight is 387 g/mol. The Kier molecular flexibility index (Phi) is 4.82. The molecule has 0 aliphatic rings. The Bertz CT molecular complexity index is 910. The van der Waals surface area contributed by atoms with E-state index in [0.29, 0.717) is 15.5 Å². The second kappa shape index (κ2) is 6.89. The van der Waals surface area contributed by atoms with Gasteiger partial charge >= 0.3 is 6.18 Å². The molecule has 130 valence electrons. The van der Waals surface area contributed by atoms with E-state index in [4.69, 9.17) is 16.3 Å². The van der Waals surface area contributed by atoms with Crippen molar-refractivity contribution in [3.8, 4) is 5.75 Å². The average Bonchev–Trinajstić information content (AvgIpc) is 2.95. The zero-order valence-electron chi connectivity index (χ0n) is 12.4. The fourth-order valence-corrected chi connectivity index (χ4v) is 3.10. The quantitative estimate of drug-likeness (QED) is 0.687. The number of nitrogens with one attached hydrogen (secondary N) is 1. The molecule has 0 aliphatic heterocycles. The maximum Gasteiger partial charge on any atom is 0.418 e. The normalized spacial score (nSPS) is 11.5. The Labute approximate surface area is 149 Å². The highest BCUT2D eigenvalue weighted by molar-refractivity contribution is 7.22. The number of carbonyl (C=O) groups excluding carboxylic acids is 1. The summed E-state index contributed by atoms with van der Waals surface area (Å²) in [7, 11) is 0. The summed E-state index contributed by atoms with van der Waals surface area (Å²) in [5, 5.41) is 3.06. The van der Waals surface area contributed by atoms with Crippen molar-refractivity contribution < 1.29 is 22.7 Å². The van der Waals surface area contributed by atoms with Crippen molar-refractivity contribution in [1.29, 1.82) is 0 Å². The number of nitrogens with zero attached hydrogens (tertiary/aromatic N) is 1. The van der Waals surface area contributed by atoms with E-state index in [-0.39, 0.29) is 17.3 Å². The smallest absolute Gasteiger partial charge is 0.418 e. The minimum atomic E-state index is -4.51. The van der Waals surface area contributed by atoms with Crippen molar-refractivity contribution in [3.05, 3.63) is 53.1 Å². The van der Waals surface area contributed by atoms with Crippen LogP contribution in [0.25, 0.3) is 10.2 Å². The van der Waals surface area contributed by atoms with Crippen molar-refractivity contribution >= 4 is 44.2 Å². The summed E-state index contributed by atoms with van der Waals surface area (Å²) < 4.78 is 44.5. The summed E-state index contributed by atoms with van der Waals surface area (Å²) in [6, 6.07) is 10.2. The fourth-order valence-electron chi connectivity index (χ4n) is 2.07. The molecule has 4 nitrogen and oxygen atoms in total. The standard InChI is InChI=1S/C16H10ClF3N2O2S/c17-9-4-6-10(7-5-9)24-8-13(23)21-15-22-14-11(16(18,19)20)2-1-3-12(14)25-15/h1-7H,8H2,(H,21,22,23). The second-order valence-corrected chi connectivity index (χ2v) is 6.43. The molecule has 3 rings (SSSR count). The highest BCUT2D eigenvalue weighted by atomic mass is 35.5. The van der Waals surface area contributed by atoms with Crippen molar-refractivity contribution in [2.45, 2.75) is 6.18 Å². The molecule has 2 aromatic carbocycles. The summed E-state index contributed by atoms with van der Waals surface area (Å²) in [6.45, 7) is -0.302. The Hall–Kier alpha value is -2.32. The summed E-state index contributed by atoms with van der Waals surface area (Å²) in [4.78, 5) is 15.8. The van der Waals surface area contributed by atoms with Crippen LogP contribution in [0.4, 0.5) is 18.3 Å². The van der Waals surface area contributed by atoms with Gasteiger partial charge in [-0.2, -0.15) is 13.2 Å². The lowest BCUT2D eigenvalue weighted by Crippen LogP contribution is -2.20. The number of hydrogen-bond acceptors (Lipinski definition) is 4. The maximum atomic E-state index is 13.0. The van der Waals surface area contributed by atoms with Crippen LogP contribution in [0.5, 0.6) is 5.75 Å². The third kappa shape index (κ3) is 4.21. The minimum Gasteiger partial charge on any atom is -0.484 e. The van der Waals surface area contributed by atoms with Crippen LogP contribution in [0.1, 0.15) is 5.56 Å². The van der Waals surface area contributed by atoms with Crippen molar-refractivity contribution in [2.24, 2.45) is 0 Å². The molecule has 3 aromatic rings. The van der Waals surface area contributed by atoms with Crippen LogP contribution in [0, 0.1) is 0 Å². The number of aromatic nitrogens is 1. The van der Waals surface area contributed by atoms with Gasteiger partial charge < -0.3 is 4.74 Å². The van der Waals surface area contributed by atoms with Gasteiger partial charge in [0.2, 0.25) is 0 Å². The van der Waals surface area contributed by atoms with Crippen LogP contribution in [0.2, 0.25) is 5.02 Å². The van der Waals surface area contributed by atoms with Crippen LogP contribution in [0.3, 0.4) is 0 Å². The molecule has 0 unspecified atom stereocenters. The van der Waals surface area contributed by atoms with Gasteiger partial charge in [0.15, 0.2) is 11.7 Å². The number of amides is 1. The van der Waals surface area contributed by atoms with Crippen LogP contribution in [0.15, 0.2) is 42.5 Å². The third-order valence-corrected chi connectivity index (χ3v) is 4.34. The first-order valence-electron chi connectivity index (χ1n) is 6.98. The van der Waals surface area contributed by atoms with Gasteiger partial charge in [-0.3, -0.25) is 10.1 Å².